The molecule has 0 spiro atoms. The minimum absolute atomic E-state index is 0.101. The van der Waals surface area contributed by atoms with Crippen LogP contribution in [0.1, 0.15) is 10.4 Å². The molecule has 0 aliphatic heterocycles. The highest BCUT2D eigenvalue weighted by Gasteiger charge is 2.01. The molecule has 0 atom stereocenters. The smallest absolute Gasteiger partial charge is 0.187 e. The van der Waals surface area contributed by atoms with E-state index in [0.29, 0.717) is 11.3 Å². The topological polar surface area (TPSA) is 49.3 Å². The quantitative estimate of drug-likeness (QED) is 0.509. The number of ketones is 1. The van der Waals surface area contributed by atoms with E-state index in [1.165, 1.54) is 12.3 Å². The summed E-state index contributed by atoms with van der Waals surface area (Å²) in [4.78, 5) is 11.8. The number of allylic oxidation sites excluding steroid dienone is 1. The average molecular weight is 318 g/mol. The second-order valence-electron chi connectivity index (χ2n) is 3.87. The molecule has 19 heavy (non-hydrogen) atoms. The largest absolute Gasteiger partial charge is 0.506 e. The number of para-hydroxylation sites is 2. The van der Waals surface area contributed by atoms with Crippen molar-refractivity contribution in [3.05, 3.63) is 70.8 Å². The number of hydrogen-bond acceptors (Lipinski definition) is 3. The molecule has 4 heteroatoms. The maximum atomic E-state index is 11.8. The van der Waals surface area contributed by atoms with Crippen LogP contribution in [0.5, 0.6) is 5.75 Å². The number of hydrogen-bond donors (Lipinski definition) is 2. The Balaban J connectivity index is 2.01. The zero-order valence-corrected chi connectivity index (χ0v) is 11.6. The minimum Gasteiger partial charge on any atom is -0.506 e. The maximum Gasteiger partial charge on any atom is 0.187 e. The fourth-order valence-electron chi connectivity index (χ4n) is 1.51. The van der Waals surface area contributed by atoms with E-state index in [1.54, 1.807) is 36.4 Å². The van der Waals surface area contributed by atoms with E-state index < -0.39 is 0 Å². The van der Waals surface area contributed by atoms with Gasteiger partial charge in [0.05, 0.1) is 5.69 Å². The lowest BCUT2D eigenvalue weighted by molar-refractivity contribution is 0.104. The Morgan fingerprint density at radius 3 is 2.47 bits per heavy atom. The maximum absolute atomic E-state index is 11.8. The lowest BCUT2D eigenvalue weighted by atomic mass is 10.1. The van der Waals surface area contributed by atoms with Crippen LogP contribution in [0.25, 0.3) is 0 Å². The molecular formula is C15H12BrNO2. The number of phenolic OH excluding ortho intramolecular Hbond substituents is 1. The van der Waals surface area contributed by atoms with Crippen molar-refractivity contribution < 1.29 is 9.90 Å². The summed E-state index contributed by atoms with van der Waals surface area (Å²) in [5, 5.41) is 12.4. The van der Waals surface area contributed by atoms with Crippen molar-refractivity contribution in [3.8, 4) is 5.75 Å². The summed E-state index contributed by atoms with van der Waals surface area (Å²) in [6.07, 6.45) is 2.94. The second kappa shape index (κ2) is 6.20. The summed E-state index contributed by atoms with van der Waals surface area (Å²) >= 11 is 3.32. The standard InChI is InChI=1S/C15H12BrNO2/c16-12-7-5-11(6-8-12)14(18)9-10-17-13-3-1-2-4-15(13)19/h1-10,17,19H/b10-9+. The van der Waals surface area contributed by atoms with Gasteiger partial charge >= 0.3 is 0 Å². The number of aromatic hydroxyl groups is 1. The summed E-state index contributed by atoms with van der Waals surface area (Å²) in [6, 6.07) is 14.0. The van der Waals surface area contributed by atoms with Crippen LogP contribution in [-0.4, -0.2) is 10.9 Å². The van der Waals surface area contributed by atoms with Crippen molar-refractivity contribution >= 4 is 27.4 Å². The summed E-state index contributed by atoms with van der Waals surface area (Å²) in [5.41, 5.74) is 1.17. The number of halogens is 1. The Labute approximate surface area is 119 Å². The SMILES string of the molecule is O=C(/C=C/Nc1ccccc1O)c1ccc(Br)cc1. The van der Waals surface area contributed by atoms with E-state index in [4.69, 9.17) is 0 Å². The van der Waals surface area contributed by atoms with Crippen LogP contribution in [0.4, 0.5) is 5.69 Å². The Morgan fingerprint density at radius 2 is 1.79 bits per heavy atom. The van der Waals surface area contributed by atoms with E-state index >= 15 is 0 Å². The first kappa shape index (κ1) is 13.4. The first-order chi connectivity index (χ1) is 9.16. The Kier molecular flexibility index (Phi) is 4.36. The Morgan fingerprint density at radius 1 is 1.11 bits per heavy atom. The molecule has 0 aliphatic carbocycles. The highest BCUT2D eigenvalue weighted by Crippen LogP contribution is 2.21. The van der Waals surface area contributed by atoms with E-state index in [0.717, 1.165) is 4.47 Å². The number of anilines is 1. The number of rotatable bonds is 4. The van der Waals surface area contributed by atoms with E-state index in [2.05, 4.69) is 21.2 Å². The summed E-state index contributed by atoms with van der Waals surface area (Å²) in [7, 11) is 0. The van der Waals surface area contributed by atoms with Gasteiger partial charge in [-0.25, -0.2) is 0 Å². The van der Waals surface area contributed by atoms with Crippen LogP contribution in [0.2, 0.25) is 0 Å². The third-order valence-corrected chi connectivity index (χ3v) is 3.03. The molecule has 2 rings (SSSR count). The summed E-state index contributed by atoms with van der Waals surface area (Å²) < 4.78 is 0.931. The summed E-state index contributed by atoms with van der Waals surface area (Å²) in [5.74, 6) is 0.0404. The number of phenols is 1. The zero-order valence-electron chi connectivity index (χ0n) is 10.0. The van der Waals surface area contributed by atoms with Crippen LogP contribution in [0, 0.1) is 0 Å². The molecule has 3 nitrogen and oxygen atoms in total. The van der Waals surface area contributed by atoms with Crippen LogP contribution in [0.15, 0.2) is 65.3 Å². The van der Waals surface area contributed by atoms with Crippen LogP contribution < -0.4 is 5.32 Å². The van der Waals surface area contributed by atoms with Crippen molar-refractivity contribution in [2.75, 3.05) is 5.32 Å². The van der Waals surface area contributed by atoms with Gasteiger partial charge in [0.1, 0.15) is 5.75 Å². The summed E-state index contributed by atoms with van der Waals surface area (Å²) in [6.45, 7) is 0. The molecule has 0 fully saturated rings. The zero-order chi connectivity index (χ0) is 13.7. The Bertz CT molecular complexity index is 606. The normalized spacial score (nSPS) is 10.6. The number of nitrogens with one attached hydrogen (secondary N) is 1. The molecule has 0 unspecified atom stereocenters. The molecule has 2 N–H and O–H groups in total. The number of carbonyl (C=O) groups excluding carboxylic acids is 1. The van der Waals surface area contributed by atoms with Crippen LogP contribution >= 0.6 is 15.9 Å². The van der Waals surface area contributed by atoms with Crippen molar-refractivity contribution in [2.45, 2.75) is 0 Å². The fraction of sp³-hybridized carbons (Fsp3) is 0. The lowest BCUT2D eigenvalue weighted by Crippen LogP contribution is -1.96. The third-order valence-electron chi connectivity index (χ3n) is 2.51. The molecule has 0 saturated heterocycles. The van der Waals surface area contributed by atoms with E-state index in [-0.39, 0.29) is 11.5 Å². The number of benzene rings is 2. The molecule has 2 aromatic rings. The van der Waals surface area contributed by atoms with Gasteiger partial charge in [0, 0.05) is 22.3 Å². The molecule has 0 saturated carbocycles. The van der Waals surface area contributed by atoms with Gasteiger partial charge in [-0.3, -0.25) is 4.79 Å². The van der Waals surface area contributed by atoms with Crippen molar-refractivity contribution in [1.82, 2.24) is 0 Å². The van der Waals surface area contributed by atoms with Crippen molar-refractivity contribution in [3.63, 3.8) is 0 Å². The monoisotopic (exact) mass is 317 g/mol. The minimum atomic E-state index is -0.101. The van der Waals surface area contributed by atoms with Gasteiger partial charge in [0.25, 0.3) is 0 Å². The Hall–Kier alpha value is -2.07. The van der Waals surface area contributed by atoms with Crippen molar-refractivity contribution in [2.24, 2.45) is 0 Å². The van der Waals surface area contributed by atoms with Gasteiger partial charge in [-0.1, -0.05) is 28.1 Å². The molecule has 0 aromatic heterocycles. The first-order valence-corrected chi connectivity index (χ1v) is 6.47. The predicted octanol–water partition coefficient (Wildman–Crippen LogP) is 3.96. The third kappa shape index (κ3) is 3.69. The molecule has 0 heterocycles. The average Bonchev–Trinajstić information content (AvgIpc) is 2.41. The lowest BCUT2D eigenvalue weighted by Gasteiger charge is -2.02. The molecule has 0 amide bonds. The predicted molar refractivity (Wildman–Crippen MR) is 79.3 cm³/mol. The molecule has 0 bridgehead atoms. The first-order valence-electron chi connectivity index (χ1n) is 5.68. The molecule has 96 valence electrons. The van der Waals surface area contributed by atoms with Gasteiger partial charge in [-0.05, 0) is 36.4 Å². The van der Waals surface area contributed by atoms with E-state index in [1.807, 2.05) is 12.1 Å². The van der Waals surface area contributed by atoms with Gasteiger partial charge in [0.15, 0.2) is 5.78 Å². The van der Waals surface area contributed by atoms with Crippen LogP contribution in [-0.2, 0) is 0 Å². The molecule has 2 aromatic carbocycles. The van der Waals surface area contributed by atoms with E-state index in [9.17, 15) is 9.90 Å². The van der Waals surface area contributed by atoms with Gasteiger partial charge in [-0.15, -0.1) is 0 Å². The van der Waals surface area contributed by atoms with Gasteiger partial charge in [-0.2, -0.15) is 0 Å². The van der Waals surface area contributed by atoms with Gasteiger partial charge < -0.3 is 10.4 Å². The highest BCUT2D eigenvalue weighted by atomic mass is 79.9. The van der Waals surface area contributed by atoms with Crippen molar-refractivity contribution in [1.29, 1.82) is 0 Å². The molecular weight excluding hydrogens is 306 g/mol. The van der Waals surface area contributed by atoms with Gasteiger partial charge in [0.2, 0.25) is 0 Å². The molecule has 0 aliphatic rings. The van der Waals surface area contributed by atoms with Crippen LogP contribution in [0.3, 0.4) is 0 Å². The number of carbonyl (C=O) groups is 1. The fourth-order valence-corrected chi connectivity index (χ4v) is 1.78. The highest BCUT2D eigenvalue weighted by molar-refractivity contribution is 9.10. The molecule has 0 radical (unpaired) electrons. The second-order valence-corrected chi connectivity index (χ2v) is 4.78.